The number of anilines is 1. The van der Waals surface area contributed by atoms with E-state index in [1.165, 1.54) is 22.4 Å². The van der Waals surface area contributed by atoms with Crippen molar-refractivity contribution in [3.63, 3.8) is 0 Å². The normalized spacial score (nSPS) is 23.4. The lowest BCUT2D eigenvalue weighted by atomic mass is 9.87. The van der Waals surface area contributed by atoms with Gasteiger partial charge >= 0.3 is 0 Å². The molecule has 0 saturated heterocycles. The number of benzene rings is 1. The average Bonchev–Trinajstić information content (AvgIpc) is 2.36. The lowest BCUT2D eigenvalue weighted by molar-refractivity contribution is 0.110. The first-order valence-corrected chi connectivity index (χ1v) is 7.44. The van der Waals surface area contributed by atoms with Crippen molar-refractivity contribution in [1.82, 2.24) is 0 Å². The van der Waals surface area contributed by atoms with E-state index >= 15 is 0 Å². The van der Waals surface area contributed by atoms with Gasteiger partial charge in [0.15, 0.2) is 0 Å². The van der Waals surface area contributed by atoms with E-state index in [-0.39, 0.29) is 6.10 Å². The molecular formula is C17H27NO. The van der Waals surface area contributed by atoms with E-state index in [1.54, 1.807) is 0 Å². The maximum atomic E-state index is 9.58. The fourth-order valence-electron chi connectivity index (χ4n) is 3.17. The second-order valence-electron chi connectivity index (χ2n) is 6.28. The summed E-state index contributed by atoms with van der Waals surface area (Å²) < 4.78 is 0. The van der Waals surface area contributed by atoms with Crippen molar-refractivity contribution in [3.8, 4) is 0 Å². The predicted octanol–water partition coefficient (Wildman–Crippen LogP) is 3.60. The van der Waals surface area contributed by atoms with Gasteiger partial charge in [-0.05, 0) is 75.1 Å². The summed E-state index contributed by atoms with van der Waals surface area (Å²) in [5, 5.41) is 9.58. The molecule has 0 spiro atoms. The first-order valence-electron chi connectivity index (χ1n) is 7.44. The molecule has 0 aliphatic heterocycles. The van der Waals surface area contributed by atoms with Crippen molar-refractivity contribution in [1.29, 1.82) is 0 Å². The molecule has 0 aromatic heterocycles. The van der Waals surface area contributed by atoms with Crippen molar-refractivity contribution in [3.05, 3.63) is 28.8 Å². The van der Waals surface area contributed by atoms with Crippen LogP contribution in [0.1, 0.15) is 42.4 Å². The summed E-state index contributed by atoms with van der Waals surface area (Å²) in [7, 11) is 2.20. The number of aryl methyl sites for hydroxylation is 3. The van der Waals surface area contributed by atoms with Crippen molar-refractivity contribution >= 4 is 5.69 Å². The highest BCUT2D eigenvalue weighted by Crippen LogP contribution is 2.28. The molecule has 0 amide bonds. The average molecular weight is 261 g/mol. The van der Waals surface area contributed by atoms with E-state index in [0.29, 0.717) is 0 Å². The van der Waals surface area contributed by atoms with Gasteiger partial charge in [0.2, 0.25) is 0 Å². The maximum Gasteiger partial charge on any atom is 0.0540 e. The highest BCUT2D eigenvalue weighted by atomic mass is 16.3. The van der Waals surface area contributed by atoms with Crippen LogP contribution in [0.2, 0.25) is 0 Å². The van der Waals surface area contributed by atoms with Gasteiger partial charge in [-0.3, -0.25) is 0 Å². The molecule has 1 aromatic rings. The first kappa shape index (κ1) is 14.4. The Labute approximate surface area is 117 Å². The molecule has 2 nitrogen and oxygen atoms in total. The molecule has 1 aromatic carbocycles. The predicted molar refractivity (Wildman–Crippen MR) is 81.9 cm³/mol. The number of rotatable bonds is 3. The summed E-state index contributed by atoms with van der Waals surface area (Å²) in [6.07, 6.45) is 4.23. The van der Waals surface area contributed by atoms with Crippen LogP contribution in [0, 0.1) is 26.7 Å². The largest absolute Gasteiger partial charge is 0.393 e. The number of aliphatic hydroxyl groups is 1. The van der Waals surface area contributed by atoms with Crippen LogP contribution >= 0.6 is 0 Å². The highest BCUT2D eigenvalue weighted by molar-refractivity contribution is 5.56. The van der Waals surface area contributed by atoms with Crippen molar-refractivity contribution in [2.75, 3.05) is 18.5 Å². The van der Waals surface area contributed by atoms with Crippen molar-refractivity contribution in [2.45, 2.75) is 52.6 Å². The number of nitrogens with zero attached hydrogens (tertiary/aromatic N) is 1. The molecule has 0 atom stereocenters. The van der Waals surface area contributed by atoms with E-state index in [4.69, 9.17) is 0 Å². The van der Waals surface area contributed by atoms with E-state index in [0.717, 1.165) is 38.1 Å². The van der Waals surface area contributed by atoms with E-state index < -0.39 is 0 Å². The number of hydrogen-bond donors (Lipinski definition) is 1. The molecule has 1 aliphatic rings. The molecule has 0 heterocycles. The first-order chi connectivity index (χ1) is 8.97. The van der Waals surface area contributed by atoms with Crippen LogP contribution < -0.4 is 4.90 Å². The van der Waals surface area contributed by atoms with Crippen molar-refractivity contribution in [2.24, 2.45) is 5.92 Å². The van der Waals surface area contributed by atoms with Crippen LogP contribution in [-0.2, 0) is 0 Å². The van der Waals surface area contributed by atoms with Crippen LogP contribution in [-0.4, -0.2) is 24.8 Å². The van der Waals surface area contributed by atoms with Gasteiger partial charge in [-0.2, -0.15) is 0 Å². The molecule has 0 bridgehead atoms. The molecule has 2 heteroatoms. The van der Waals surface area contributed by atoms with Gasteiger partial charge in [0.25, 0.3) is 0 Å². The van der Waals surface area contributed by atoms with Crippen molar-refractivity contribution < 1.29 is 5.11 Å². The summed E-state index contributed by atoms with van der Waals surface area (Å²) in [5.74, 6) is 0.731. The Morgan fingerprint density at radius 1 is 1.00 bits per heavy atom. The quantitative estimate of drug-likeness (QED) is 0.898. The summed E-state index contributed by atoms with van der Waals surface area (Å²) in [6, 6.07) is 4.59. The van der Waals surface area contributed by atoms with Crippen LogP contribution in [0.4, 0.5) is 5.69 Å². The highest BCUT2D eigenvalue weighted by Gasteiger charge is 2.21. The minimum absolute atomic E-state index is 0.0510. The molecule has 2 rings (SSSR count). The summed E-state index contributed by atoms with van der Waals surface area (Å²) in [6.45, 7) is 7.66. The summed E-state index contributed by atoms with van der Waals surface area (Å²) >= 11 is 0. The van der Waals surface area contributed by atoms with Crippen LogP contribution in [0.25, 0.3) is 0 Å². The SMILES string of the molecule is Cc1cc(C)c(N(C)CC2CCC(O)CC2)cc1C. The molecule has 19 heavy (non-hydrogen) atoms. The third kappa shape index (κ3) is 3.50. The molecule has 106 valence electrons. The molecule has 1 N–H and O–H groups in total. The minimum Gasteiger partial charge on any atom is -0.393 e. The Bertz CT molecular complexity index is 433. The van der Waals surface area contributed by atoms with E-state index in [9.17, 15) is 5.11 Å². The Morgan fingerprint density at radius 2 is 1.58 bits per heavy atom. The summed E-state index contributed by atoms with van der Waals surface area (Å²) in [4.78, 5) is 2.39. The van der Waals surface area contributed by atoms with Crippen LogP contribution in [0.3, 0.4) is 0 Å². The molecule has 0 radical (unpaired) electrons. The zero-order valence-electron chi connectivity index (χ0n) is 12.7. The lowest BCUT2D eigenvalue weighted by Crippen LogP contribution is -2.30. The zero-order valence-corrected chi connectivity index (χ0v) is 12.7. The number of aliphatic hydroxyl groups excluding tert-OH is 1. The Morgan fingerprint density at radius 3 is 2.21 bits per heavy atom. The third-order valence-electron chi connectivity index (χ3n) is 4.57. The van der Waals surface area contributed by atoms with Gasteiger partial charge < -0.3 is 10.0 Å². The Balaban J connectivity index is 2.03. The Kier molecular flexibility index (Phi) is 4.51. The van der Waals surface area contributed by atoms with Gasteiger partial charge in [-0.15, -0.1) is 0 Å². The van der Waals surface area contributed by atoms with Crippen LogP contribution in [0.5, 0.6) is 0 Å². The monoisotopic (exact) mass is 261 g/mol. The van der Waals surface area contributed by atoms with Gasteiger partial charge in [-0.25, -0.2) is 0 Å². The molecule has 0 unspecified atom stereocenters. The van der Waals surface area contributed by atoms with Gasteiger partial charge in [0, 0.05) is 19.3 Å². The lowest BCUT2D eigenvalue weighted by Gasteiger charge is -2.31. The fraction of sp³-hybridized carbons (Fsp3) is 0.647. The smallest absolute Gasteiger partial charge is 0.0540 e. The number of hydrogen-bond acceptors (Lipinski definition) is 2. The minimum atomic E-state index is -0.0510. The summed E-state index contributed by atoms with van der Waals surface area (Å²) in [5.41, 5.74) is 5.46. The molecule has 1 aliphatic carbocycles. The molecule has 1 fully saturated rings. The van der Waals surface area contributed by atoms with Gasteiger partial charge in [0.1, 0.15) is 0 Å². The van der Waals surface area contributed by atoms with Gasteiger partial charge in [0.05, 0.1) is 6.10 Å². The van der Waals surface area contributed by atoms with E-state index in [1.807, 2.05) is 0 Å². The van der Waals surface area contributed by atoms with E-state index in [2.05, 4.69) is 44.9 Å². The third-order valence-corrected chi connectivity index (χ3v) is 4.57. The second-order valence-corrected chi connectivity index (χ2v) is 6.28. The van der Waals surface area contributed by atoms with Gasteiger partial charge in [-0.1, -0.05) is 6.07 Å². The zero-order chi connectivity index (χ0) is 14.0. The Hall–Kier alpha value is -1.02. The fourth-order valence-corrected chi connectivity index (χ4v) is 3.17. The standard InChI is InChI=1S/C17H27NO/c1-12-9-14(3)17(10-13(12)2)18(4)11-15-5-7-16(19)8-6-15/h9-10,15-16,19H,5-8,11H2,1-4H3. The maximum absolute atomic E-state index is 9.58. The molecular weight excluding hydrogens is 234 g/mol. The van der Waals surface area contributed by atoms with Crippen LogP contribution in [0.15, 0.2) is 12.1 Å². The second kappa shape index (κ2) is 5.96. The molecule has 1 saturated carbocycles. The topological polar surface area (TPSA) is 23.5 Å².